The molecule has 0 bridgehead atoms. The van der Waals surface area contributed by atoms with E-state index in [0.29, 0.717) is 18.1 Å². The van der Waals surface area contributed by atoms with Gasteiger partial charge in [0, 0.05) is 44.7 Å². The second-order valence-electron chi connectivity index (χ2n) is 11.2. The van der Waals surface area contributed by atoms with E-state index in [2.05, 4.69) is 60.1 Å². The van der Waals surface area contributed by atoms with Gasteiger partial charge in [0.2, 0.25) is 5.91 Å². The number of pyridine rings is 1. The number of anilines is 1. The number of amides is 1. The van der Waals surface area contributed by atoms with E-state index >= 15 is 0 Å². The molecule has 2 aliphatic heterocycles. The van der Waals surface area contributed by atoms with Crippen LogP contribution in [0.25, 0.3) is 0 Å². The number of hydrogen-bond acceptors (Lipinski definition) is 5. The first-order valence-corrected chi connectivity index (χ1v) is 13.1. The summed E-state index contributed by atoms with van der Waals surface area (Å²) in [6.07, 6.45) is 6.05. The molecule has 0 atom stereocenters. The van der Waals surface area contributed by atoms with Gasteiger partial charge < -0.3 is 14.6 Å². The molecule has 1 aromatic carbocycles. The highest BCUT2D eigenvalue weighted by molar-refractivity contribution is 6.32. The van der Waals surface area contributed by atoms with Crippen molar-refractivity contribution in [3.8, 4) is 0 Å². The molecular formula is C28H35ClN4O2. The van der Waals surface area contributed by atoms with Crippen LogP contribution in [0.15, 0.2) is 47.8 Å². The largest absolute Gasteiger partial charge is 0.389 e. The van der Waals surface area contributed by atoms with E-state index in [1.54, 1.807) is 6.20 Å². The van der Waals surface area contributed by atoms with Crippen molar-refractivity contribution in [2.24, 2.45) is 11.1 Å². The summed E-state index contributed by atoms with van der Waals surface area (Å²) in [6.45, 7) is 9.61. The summed E-state index contributed by atoms with van der Waals surface area (Å²) in [6, 6.07) is 12.4. The highest BCUT2D eigenvalue weighted by Crippen LogP contribution is 2.42. The van der Waals surface area contributed by atoms with E-state index in [-0.39, 0.29) is 22.8 Å². The molecule has 1 saturated carbocycles. The summed E-state index contributed by atoms with van der Waals surface area (Å²) < 4.78 is 0. The third kappa shape index (κ3) is 5.04. The second kappa shape index (κ2) is 9.45. The number of carbonyl (C=O) groups is 1. The minimum Gasteiger partial charge on any atom is -0.389 e. The fourth-order valence-electron chi connectivity index (χ4n) is 5.50. The second-order valence-corrected chi connectivity index (χ2v) is 11.6. The zero-order chi connectivity index (χ0) is 24.6. The number of benzene rings is 1. The first-order chi connectivity index (χ1) is 16.7. The molecule has 35 heavy (non-hydrogen) atoms. The van der Waals surface area contributed by atoms with E-state index in [4.69, 9.17) is 16.4 Å². The summed E-state index contributed by atoms with van der Waals surface area (Å²) in [7, 11) is 0. The van der Waals surface area contributed by atoms with Crippen LogP contribution in [-0.2, 0) is 15.0 Å². The van der Waals surface area contributed by atoms with Gasteiger partial charge in [0.1, 0.15) is 11.4 Å². The SMILES string of the molecule is CC(C)(C)c1ccc(C2=NO[C@]3(CC[C@@H](C(=O)N4CCN(c5ncccc5Cl)CC4)CC3)C2)cc1. The van der Waals surface area contributed by atoms with Gasteiger partial charge in [-0.05, 0) is 54.4 Å². The number of halogens is 1. The highest BCUT2D eigenvalue weighted by Gasteiger charge is 2.44. The zero-order valence-electron chi connectivity index (χ0n) is 21.0. The number of rotatable bonds is 3. The van der Waals surface area contributed by atoms with Crippen molar-refractivity contribution in [1.29, 1.82) is 0 Å². The Labute approximate surface area is 213 Å². The standard InChI is InChI=1S/C28H35ClN4O2/c1-27(2,3)22-8-6-20(7-9-22)24-19-28(35-31-24)12-10-21(11-13-28)26(34)33-17-15-32(16-18-33)25-23(29)5-4-14-30-25/h4-9,14,21H,10-13,15-19H2,1-3H3/t21-,28+. The summed E-state index contributed by atoms with van der Waals surface area (Å²) in [4.78, 5) is 27.9. The normalized spacial score (nSPS) is 24.9. The Hall–Kier alpha value is -2.60. The Morgan fingerprint density at radius 3 is 2.37 bits per heavy atom. The lowest BCUT2D eigenvalue weighted by Gasteiger charge is -2.40. The molecule has 1 amide bonds. The average molecular weight is 495 g/mol. The van der Waals surface area contributed by atoms with Gasteiger partial charge in [0.15, 0.2) is 0 Å². The lowest BCUT2D eigenvalue weighted by atomic mass is 9.75. The van der Waals surface area contributed by atoms with Crippen LogP contribution >= 0.6 is 11.6 Å². The van der Waals surface area contributed by atoms with Crippen molar-refractivity contribution >= 4 is 29.0 Å². The van der Waals surface area contributed by atoms with Crippen LogP contribution < -0.4 is 4.90 Å². The fraction of sp³-hybridized carbons (Fsp3) is 0.536. The molecule has 6 nitrogen and oxygen atoms in total. The van der Waals surface area contributed by atoms with E-state index in [9.17, 15) is 4.79 Å². The Balaban J connectivity index is 1.13. The number of hydrogen-bond donors (Lipinski definition) is 0. The van der Waals surface area contributed by atoms with Crippen LogP contribution in [0.3, 0.4) is 0 Å². The number of piperazine rings is 1. The fourth-order valence-corrected chi connectivity index (χ4v) is 5.75. The molecule has 3 aliphatic rings. The smallest absolute Gasteiger partial charge is 0.225 e. The van der Waals surface area contributed by atoms with Crippen molar-refractivity contribution in [1.82, 2.24) is 9.88 Å². The number of carbonyl (C=O) groups excluding carboxylic acids is 1. The Kier molecular flexibility index (Phi) is 6.51. The average Bonchev–Trinajstić information content (AvgIpc) is 3.27. The van der Waals surface area contributed by atoms with Crippen molar-refractivity contribution in [3.63, 3.8) is 0 Å². The first-order valence-electron chi connectivity index (χ1n) is 12.7. The maximum Gasteiger partial charge on any atom is 0.225 e. The summed E-state index contributed by atoms with van der Waals surface area (Å²) in [5, 5.41) is 5.14. The summed E-state index contributed by atoms with van der Waals surface area (Å²) in [5.41, 5.74) is 3.37. The van der Waals surface area contributed by atoms with Crippen molar-refractivity contribution < 1.29 is 9.63 Å². The van der Waals surface area contributed by atoms with Gasteiger partial charge in [-0.25, -0.2) is 4.98 Å². The number of nitrogens with zero attached hydrogens (tertiary/aromatic N) is 4. The van der Waals surface area contributed by atoms with Crippen molar-refractivity contribution in [2.45, 2.75) is 63.9 Å². The molecule has 2 aromatic rings. The van der Waals surface area contributed by atoms with Gasteiger partial charge in [0.25, 0.3) is 0 Å². The van der Waals surface area contributed by atoms with Gasteiger partial charge >= 0.3 is 0 Å². The Morgan fingerprint density at radius 1 is 1.06 bits per heavy atom. The van der Waals surface area contributed by atoms with E-state index in [0.717, 1.165) is 62.3 Å². The molecule has 5 rings (SSSR count). The lowest BCUT2D eigenvalue weighted by Crippen LogP contribution is -2.51. The van der Waals surface area contributed by atoms with Gasteiger partial charge in [0.05, 0.1) is 10.7 Å². The van der Waals surface area contributed by atoms with Crippen molar-refractivity contribution in [2.75, 3.05) is 31.1 Å². The van der Waals surface area contributed by atoms with Crippen LogP contribution in [0, 0.1) is 5.92 Å². The number of oxime groups is 1. The molecule has 3 heterocycles. The van der Waals surface area contributed by atoms with E-state index in [1.807, 2.05) is 17.0 Å². The quantitative estimate of drug-likeness (QED) is 0.570. The maximum atomic E-state index is 13.3. The maximum absolute atomic E-state index is 13.3. The van der Waals surface area contributed by atoms with Crippen LogP contribution in [0.5, 0.6) is 0 Å². The third-order valence-corrected chi connectivity index (χ3v) is 8.09. The molecule has 0 N–H and O–H groups in total. The van der Waals surface area contributed by atoms with Crippen LogP contribution in [0.4, 0.5) is 5.82 Å². The zero-order valence-corrected chi connectivity index (χ0v) is 21.7. The van der Waals surface area contributed by atoms with E-state index < -0.39 is 0 Å². The molecule has 1 spiro atoms. The highest BCUT2D eigenvalue weighted by atomic mass is 35.5. The molecule has 1 aromatic heterocycles. The van der Waals surface area contributed by atoms with Crippen LogP contribution in [-0.4, -0.2) is 53.3 Å². The van der Waals surface area contributed by atoms with Crippen LogP contribution in [0.1, 0.15) is 64.0 Å². The monoisotopic (exact) mass is 494 g/mol. The number of aromatic nitrogens is 1. The van der Waals surface area contributed by atoms with Gasteiger partial charge in [-0.3, -0.25) is 4.79 Å². The minimum absolute atomic E-state index is 0.0735. The van der Waals surface area contributed by atoms with Gasteiger partial charge in [-0.15, -0.1) is 0 Å². The topological polar surface area (TPSA) is 58.0 Å². The molecule has 1 aliphatic carbocycles. The lowest BCUT2D eigenvalue weighted by molar-refractivity contribution is -0.139. The van der Waals surface area contributed by atoms with Gasteiger partial charge in [-0.2, -0.15) is 0 Å². The first kappa shape index (κ1) is 24.1. The Morgan fingerprint density at radius 2 is 1.74 bits per heavy atom. The Bertz CT molecular complexity index is 1090. The molecule has 0 radical (unpaired) electrons. The van der Waals surface area contributed by atoms with E-state index in [1.165, 1.54) is 5.56 Å². The molecular weight excluding hydrogens is 460 g/mol. The summed E-state index contributed by atoms with van der Waals surface area (Å²) in [5.74, 6) is 1.16. The minimum atomic E-state index is -0.247. The molecule has 0 unspecified atom stereocenters. The predicted octanol–water partition coefficient (Wildman–Crippen LogP) is 5.43. The third-order valence-electron chi connectivity index (χ3n) is 7.80. The molecule has 2 fully saturated rings. The molecule has 1 saturated heterocycles. The summed E-state index contributed by atoms with van der Waals surface area (Å²) >= 11 is 6.31. The molecule has 7 heteroatoms. The molecule has 186 valence electrons. The van der Waals surface area contributed by atoms with Crippen molar-refractivity contribution in [3.05, 3.63) is 58.7 Å². The van der Waals surface area contributed by atoms with Crippen LogP contribution in [0.2, 0.25) is 5.02 Å². The van der Waals surface area contributed by atoms with Gasteiger partial charge in [-0.1, -0.05) is 61.8 Å². The predicted molar refractivity (Wildman–Crippen MR) is 140 cm³/mol.